The van der Waals surface area contributed by atoms with E-state index in [9.17, 15) is 9.59 Å². The highest BCUT2D eigenvalue weighted by Gasteiger charge is 2.04. The normalized spacial score (nSPS) is 12.8. The third-order valence-electron chi connectivity index (χ3n) is 1.45. The number of aliphatic carboxylic acids is 1. The Morgan fingerprint density at radius 2 is 2.15 bits per heavy atom. The van der Waals surface area contributed by atoms with Crippen molar-refractivity contribution in [2.24, 2.45) is 0 Å². The summed E-state index contributed by atoms with van der Waals surface area (Å²) in [5.41, 5.74) is 0. The maximum absolute atomic E-state index is 10.9. The number of carbonyl (C=O) groups is 2. The van der Waals surface area contributed by atoms with Crippen LogP contribution in [-0.2, 0) is 14.3 Å². The first-order valence-electron chi connectivity index (χ1n) is 4.15. The minimum atomic E-state index is -1.06. The van der Waals surface area contributed by atoms with Crippen LogP contribution in [0.1, 0.15) is 26.7 Å². The average molecular weight is 186 g/mol. The van der Waals surface area contributed by atoms with Crippen LogP contribution in [0.15, 0.2) is 12.2 Å². The molecule has 0 spiro atoms. The highest BCUT2D eigenvalue weighted by Crippen LogP contribution is 1.98. The minimum absolute atomic E-state index is 0.0106. The molecule has 13 heavy (non-hydrogen) atoms. The van der Waals surface area contributed by atoms with Gasteiger partial charge in [-0.15, -0.1) is 0 Å². The minimum Gasteiger partial charge on any atom is -0.478 e. The molecule has 0 aliphatic heterocycles. The summed E-state index contributed by atoms with van der Waals surface area (Å²) in [6, 6.07) is 0. The van der Waals surface area contributed by atoms with Gasteiger partial charge in [-0.2, -0.15) is 0 Å². The molecule has 0 amide bonds. The third-order valence-corrected chi connectivity index (χ3v) is 1.45. The van der Waals surface area contributed by atoms with Crippen molar-refractivity contribution in [3.63, 3.8) is 0 Å². The summed E-state index contributed by atoms with van der Waals surface area (Å²) >= 11 is 0. The van der Waals surface area contributed by atoms with Crippen LogP contribution in [0.3, 0.4) is 0 Å². The van der Waals surface area contributed by atoms with Gasteiger partial charge in [0.05, 0.1) is 12.5 Å². The molecule has 0 fully saturated rings. The molecule has 1 atom stereocenters. The van der Waals surface area contributed by atoms with Crippen LogP contribution in [0.4, 0.5) is 0 Å². The largest absolute Gasteiger partial charge is 0.478 e. The second-order valence-corrected chi connectivity index (χ2v) is 2.65. The number of esters is 1. The van der Waals surface area contributed by atoms with Crippen LogP contribution in [0.5, 0.6) is 0 Å². The molecule has 0 radical (unpaired) electrons. The van der Waals surface area contributed by atoms with E-state index in [1.165, 1.54) is 6.08 Å². The van der Waals surface area contributed by atoms with Crippen LogP contribution >= 0.6 is 0 Å². The zero-order valence-electron chi connectivity index (χ0n) is 7.82. The summed E-state index contributed by atoms with van der Waals surface area (Å²) in [4.78, 5) is 20.9. The molecule has 0 aliphatic rings. The van der Waals surface area contributed by atoms with Crippen molar-refractivity contribution >= 4 is 11.9 Å². The van der Waals surface area contributed by atoms with Gasteiger partial charge in [-0.25, -0.2) is 4.79 Å². The van der Waals surface area contributed by atoms with Crippen molar-refractivity contribution in [2.75, 3.05) is 0 Å². The number of hydrogen-bond donors (Lipinski definition) is 1. The number of carboxylic acids is 1. The molecule has 4 heteroatoms. The van der Waals surface area contributed by atoms with Gasteiger partial charge in [-0.1, -0.05) is 13.0 Å². The van der Waals surface area contributed by atoms with E-state index in [0.717, 1.165) is 12.5 Å². The lowest BCUT2D eigenvalue weighted by Gasteiger charge is -2.08. The highest BCUT2D eigenvalue weighted by molar-refractivity contribution is 5.81. The number of hydrogen-bond acceptors (Lipinski definition) is 3. The molecule has 4 nitrogen and oxygen atoms in total. The molecule has 0 saturated carbocycles. The number of ether oxygens (including phenoxy) is 1. The second-order valence-electron chi connectivity index (χ2n) is 2.65. The molecule has 0 aromatic carbocycles. The monoisotopic (exact) mass is 186 g/mol. The fourth-order valence-electron chi connectivity index (χ4n) is 0.612. The second kappa shape index (κ2) is 6.22. The molecule has 0 aliphatic carbocycles. The third kappa shape index (κ3) is 7.05. The Morgan fingerprint density at radius 3 is 2.62 bits per heavy atom. The van der Waals surface area contributed by atoms with Crippen molar-refractivity contribution in [3.05, 3.63) is 12.2 Å². The van der Waals surface area contributed by atoms with E-state index in [1.807, 2.05) is 6.92 Å². The number of carbonyl (C=O) groups excluding carboxylic acids is 1. The lowest BCUT2D eigenvalue weighted by atomic mass is 10.3. The Bertz CT molecular complexity index is 208. The first-order valence-corrected chi connectivity index (χ1v) is 4.15. The Hall–Kier alpha value is -1.32. The molecule has 1 N–H and O–H groups in total. The van der Waals surface area contributed by atoms with Gasteiger partial charge in [-0.3, -0.25) is 4.79 Å². The number of rotatable bonds is 5. The fraction of sp³-hybridized carbons (Fsp3) is 0.556. The first kappa shape index (κ1) is 11.7. The van der Waals surface area contributed by atoms with Gasteiger partial charge in [0.15, 0.2) is 0 Å². The van der Waals surface area contributed by atoms with Gasteiger partial charge in [0.2, 0.25) is 0 Å². The zero-order chi connectivity index (χ0) is 10.3. The predicted octanol–water partition coefficient (Wildman–Crippen LogP) is 1.36. The van der Waals surface area contributed by atoms with Crippen LogP contribution in [-0.4, -0.2) is 23.1 Å². The lowest BCUT2D eigenvalue weighted by molar-refractivity contribution is -0.147. The average Bonchev–Trinajstić information content (AvgIpc) is 2.03. The summed E-state index contributed by atoms with van der Waals surface area (Å²) in [6.07, 6.45) is 2.86. The summed E-state index contributed by atoms with van der Waals surface area (Å²) < 4.78 is 4.90. The Kier molecular flexibility index (Phi) is 5.59. The van der Waals surface area contributed by atoms with E-state index in [4.69, 9.17) is 9.84 Å². The molecule has 74 valence electrons. The van der Waals surface area contributed by atoms with Crippen LogP contribution in [0.25, 0.3) is 0 Å². The van der Waals surface area contributed by atoms with Crippen molar-refractivity contribution in [1.29, 1.82) is 0 Å². The van der Waals surface area contributed by atoms with Crippen LogP contribution in [0.2, 0.25) is 0 Å². The van der Waals surface area contributed by atoms with Crippen molar-refractivity contribution in [2.45, 2.75) is 32.8 Å². The van der Waals surface area contributed by atoms with Crippen LogP contribution in [0, 0.1) is 0 Å². The number of carboxylic acid groups (broad SMARTS) is 1. The standard InChI is InChI=1S/C9H14O4/c1-3-7(2)13-9(12)6-4-5-8(10)11/h4-5,7H,3,6H2,1-2H3,(H,10,11)/b5-4+. The van der Waals surface area contributed by atoms with Gasteiger partial charge < -0.3 is 9.84 Å². The van der Waals surface area contributed by atoms with Crippen LogP contribution < -0.4 is 0 Å². The molecule has 0 aromatic rings. The summed E-state index contributed by atoms with van der Waals surface area (Å²) in [6.45, 7) is 3.70. The van der Waals surface area contributed by atoms with Crippen molar-refractivity contribution in [1.82, 2.24) is 0 Å². The lowest BCUT2D eigenvalue weighted by Crippen LogP contribution is -2.12. The Morgan fingerprint density at radius 1 is 1.54 bits per heavy atom. The SMILES string of the molecule is CCC(C)OC(=O)C/C=C/C(=O)O. The molecule has 0 rings (SSSR count). The van der Waals surface area contributed by atoms with Gasteiger partial charge in [0.1, 0.15) is 0 Å². The topological polar surface area (TPSA) is 63.6 Å². The fourth-order valence-corrected chi connectivity index (χ4v) is 0.612. The maximum atomic E-state index is 10.9. The van der Waals surface area contributed by atoms with Gasteiger partial charge in [-0.05, 0) is 13.3 Å². The highest BCUT2D eigenvalue weighted by atomic mass is 16.5. The molecular weight excluding hydrogens is 172 g/mol. The van der Waals surface area contributed by atoms with E-state index in [2.05, 4.69) is 0 Å². The molecule has 0 bridgehead atoms. The van der Waals surface area contributed by atoms with E-state index >= 15 is 0 Å². The smallest absolute Gasteiger partial charge is 0.327 e. The predicted molar refractivity (Wildman–Crippen MR) is 47.2 cm³/mol. The first-order chi connectivity index (χ1) is 6.06. The van der Waals surface area contributed by atoms with Gasteiger partial charge >= 0.3 is 11.9 Å². The molecular formula is C9H14O4. The van der Waals surface area contributed by atoms with E-state index in [1.54, 1.807) is 6.92 Å². The Balaban J connectivity index is 3.69. The zero-order valence-corrected chi connectivity index (χ0v) is 7.82. The molecule has 0 heterocycles. The Labute approximate surface area is 77.2 Å². The molecule has 0 saturated heterocycles. The van der Waals surface area contributed by atoms with Crippen molar-refractivity contribution in [3.8, 4) is 0 Å². The van der Waals surface area contributed by atoms with E-state index in [-0.39, 0.29) is 12.5 Å². The van der Waals surface area contributed by atoms with Crippen molar-refractivity contribution < 1.29 is 19.4 Å². The van der Waals surface area contributed by atoms with Gasteiger partial charge in [0, 0.05) is 6.08 Å². The van der Waals surface area contributed by atoms with E-state index < -0.39 is 11.9 Å². The molecule has 1 unspecified atom stereocenters. The summed E-state index contributed by atoms with van der Waals surface area (Å²) in [7, 11) is 0. The molecule has 0 aromatic heterocycles. The quantitative estimate of drug-likeness (QED) is 0.520. The maximum Gasteiger partial charge on any atom is 0.327 e. The van der Waals surface area contributed by atoms with Gasteiger partial charge in [0.25, 0.3) is 0 Å². The summed E-state index contributed by atoms with van der Waals surface area (Å²) in [5.74, 6) is -1.46. The van der Waals surface area contributed by atoms with E-state index in [0.29, 0.717) is 0 Å². The summed E-state index contributed by atoms with van der Waals surface area (Å²) in [5, 5.41) is 8.22.